The van der Waals surface area contributed by atoms with Crippen molar-refractivity contribution in [1.82, 2.24) is 5.32 Å². The third-order valence-corrected chi connectivity index (χ3v) is 5.46. The van der Waals surface area contributed by atoms with Crippen LogP contribution in [0.2, 0.25) is 0 Å². The average Bonchev–Trinajstić information content (AvgIpc) is 2.89. The quantitative estimate of drug-likeness (QED) is 0.696. The molecule has 1 rings (SSSR count). The molecule has 112 valence electrons. The minimum absolute atomic E-state index is 0.134. The van der Waals surface area contributed by atoms with Crippen molar-refractivity contribution < 1.29 is 9.53 Å². The Morgan fingerprint density at radius 2 is 2.11 bits per heavy atom. The van der Waals surface area contributed by atoms with Crippen LogP contribution >= 0.6 is 11.8 Å². The van der Waals surface area contributed by atoms with Crippen molar-refractivity contribution in [1.29, 1.82) is 0 Å². The third kappa shape index (κ3) is 5.35. The van der Waals surface area contributed by atoms with Crippen molar-refractivity contribution in [2.45, 2.75) is 63.7 Å². The fourth-order valence-corrected chi connectivity index (χ4v) is 4.07. The minimum Gasteiger partial charge on any atom is -0.465 e. The van der Waals surface area contributed by atoms with Gasteiger partial charge in [-0.1, -0.05) is 19.8 Å². The Morgan fingerprint density at radius 3 is 2.63 bits per heavy atom. The van der Waals surface area contributed by atoms with Gasteiger partial charge in [0.2, 0.25) is 0 Å². The molecule has 1 aliphatic rings. The second-order valence-corrected chi connectivity index (χ2v) is 7.27. The fraction of sp³-hybridized carbons (Fsp3) is 0.933. The molecule has 0 bridgehead atoms. The molecule has 0 aromatic rings. The summed E-state index contributed by atoms with van der Waals surface area (Å²) in [4.78, 5) is 12.0. The highest BCUT2D eigenvalue weighted by molar-refractivity contribution is 7.99. The number of carbonyl (C=O) groups is 1. The summed E-state index contributed by atoms with van der Waals surface area (Å²) in [6.07, 6.45) is 6.40. The molecule has 0 amide bonds. The fourth-order valence-electron chi connectivity index (χ4n) is 2.69. The second kappa shape index (κ2) is 8.15. The Labute approximate surface area is 122 Å². The highest BCUT2D eigenvalue weighted by Gasteiger charge is 2.34. The Balaban J connectivity index is 2.38. The van der Waals surface area contributed by atoms with Crippen molar-refractivity contribution >= 4 is 17.7 Å². The Hall–Kier alpha value is -0.220. The molecule has 1 N–H and O–H groups in total. The molecule has 0 aromatic carbocycles. The lowest BCUT2D eigenvalue weighted by molar-refractivity contribution is -0.150. The van der Waals surface area contributed by atoms with Crippen molar-refractivity contribution in [2.24, 2.45) is 5.92 Å². The van der Waals surface area contributed by atoms with Gasteiger partial charge < -0.3 is 10.1 Å². The topological polar surface area (TPSA) is 38.3 Å². The molecule has 2 atom stereocenters. The predicted octanol–water partition coefficient (Wildman–Crippen LogP) is 3.23. The van der Waals surface area contributed by atoms with Gasteiger partial charge in [0.15, 0.2) is 0 Å². The van der Waals surface area contributed by atoms with E-state index in [4.69, 9.17) is 4.74 Å². The van der Waals surface area contributed by atoms with E-state index in [-0.39, 0.29) is 5.97 Å². The first kappa shape index (κ1) is 16.8. The van der Waals surface area contributed by atoms with Gasteiger partial charge in [0, 0.05) is 5.25 Å². The predicted molar refractivity (Wildman–Crippen MR) is 82.6 cm³/mol. The standard InChI is InChI=1S/C15H29NO2S/c1-5-18-14(17)15(3,16-4)10-12(2)19-11-13-8-6-7-9-13/h12-13,16H,5-11H2,1-4H3. The van der Waals surface area contributed by atoms with Crippen molar-refractivity contribution in [3.05, 3.63) is 0 Å². The first-order chi connectivity index (χ1) is 9.01. The molecule has 2 unspecified atom stereocenters. The number of thioether (sulfide) groups is 1. The van der Waals surface area contributed by atoms with Gasteiger partial charge in [0.05, 0.1) is 6.61 Å². The van der Waals surface area contributed by atoms with E-state index in [1.165, 1.54) is 31.4 Å². The monoisotopic (exact) mass is 287 g/mol. The number of nitrogens with one attached hydrogen (secondary N) is 1. The molecule has 0 aromatic heterocycles. The van der Waals surface area contributed by atoms with Gasteiger partial charge in [-0.25, -0.2) is 0 Å². The van der Waals surface area contributed by atoms with Crippen LogP contribution in [0.15, 0.2) is 0 Å². The van der Waals surface area contributed by atoms with Crippen LogP contribution in [0.5, 0.6) is 0 Å². The van der Waals surface area contributed by atoms with Crippen molar-refractivity contribution in [3.8, 4) is 0 Å². The number of rotatable bonds is 8. The normalized spacial score (nSPS) is 21.1. The summed E-state index contributed by atoms with van der Waals surface area (Å²) in [6, 6.07) is 0. The van der Waals surface area contributed by atoms with Crippen LogP contribution in [0.3, 0.4) is 0 Å². The first-order valence-corrected chi connectivity index (χ1v) is 8.54. The molecule has 4 heteroatoms. The minimum atomic E-state index is -0.557. The Kier molecular flexibility index (Phi) is 7.22. The van der Waals surface area contributed by atoms with Gasteiger partial charge in [-0.15, -0.1) is 0 Å². The second-order valence-electron chi connectivity index (χ2n) is 5.80. The summed E-state index contributed by atoms with van der Waals surface area (Å²) in [5, 5.41) is 3.61. The number of hydrogen-bond donors (Lipinski definition) is 1. The van der Waals surface area contributed by atoms with Crippen LogP contribution in [-0.4, -0.2) is 36.2 Å². The maximum absolute atomic E-state index is 12.0. The summed E-state index contributed by atoms with van der Waals surface area (Å²) in [5.74, 6) is 2.01. The highest BCUT2D eigenvalue weighted by Crippen LogP contribution is 2.31. The van der Waals surface area contributed by atoms with Crippen molar-refractivity contribution in [3.63, 3.8) is 0 Å². The van der Waals surface area contributed by atoms with Gasteiger partial charge in [-0.2, -0.15) is 11.8 Å². The Bertz CT molecular complexity index is 279. The van der Waals surface area contributed by atoms with Crippen LogP contribution < -0.4 is 5.32 Å². The van der Waals surface area contributed by atoms with Gasteiger partial charge in [0.25, 0.3) is 0 Å². The van der Waals surface area contributed by atoms with Crippen LogP contribution in [-0.2, 0) is 9.53 Å². The summed E-state index contributed by atoms with van der Waals surface area (Å²) < 4.78 is 5.17. The summed E-state index contributed by atoms with van der Waals surface area (Å²) in [5.41, 5.74) is -0.557. The summed E-state index contributed by atoms with van der Waals surface area (Å²) in [6.45, 7) is 6.46. The maximum Gasteiger partial charge on any atom is 0.326 e. The number of hydrogen-bond acceptors (Lipinski definition) is 4. The van der Waals surface area contributed by atoms with Gasteiger partial charge in [-0.3, -0.25) is 4.79 Å². The summed E-state index contributed by atoms with van der Waals surface area (Å²) in [7, 11) is 1.84. The van der Waals surface area contributed by atoms with Crippen molar-refractivity contribution in [2.75, 3.05) is 19.4 Å². The SMILES string of the molecule is CCOC(=O)C(C)(CC(C)SCC1CCCC1)NC. The van der Waals surface area contributed by atoms with E-state index in [9.17, 15) is 4.79 Å². The molecule has 0 radical (unpaired) electrons. The van der Waals surface area contributed by atoms with Crippen LogP contribution in [0, 0.1) is 5.92 Å². The third-order valence-electron chi connectivity index (χ3n) is 4.06. The van der Waals surface area contributed by atoms with Crippen LogP contribution in [0.25, 0.3) is 0 Å². The molecule has 1 fully saturated rings. The first-order valence-electron chi connectivity index (χ1n) is 7.49. The molecule has 3 nitrogen and oxygen atoms in total. The van der Waals surface area contributed by atoms with Crippen LogP contribution in [0.4, 0.5) is 0 Å². The van der Waals surface area contributed by atoms with E-state index in [2.05, 4.69) is 12.2 Å². The maximum atomic E-state index is 12.0. The largest absolute Gasteiger partial charge is 0.465 e. The van der Waals surface area contributed by atoms with E-state index in [0.29, 0.717) is 11.9 Å². The van der Waals surface area contributed by atoms with Gasteiger partial charge in [0.1, 0.15) is 5.54 Å². The van der Waals surface area contributed by atoms with E-state index in [1.807, 2.05) is 32.7 Å². The number of carbonyl (C=O) groups excluding carboxylic acids is 1. The molecule has 0 saturated heterocycles. The molecule has 1 saturated carbocycles. The number of likely N-dealkylation sites (N-methyl/N-ethyl adjacent to an activating group) is 1. The molecular weight excluding hydrogens is 258 g/mol. The average molecular weight is 287 g/mol. The molecule has 0 heterocycles. The van der Waals surface area contributed by atoms with E-state index in [1.54, 1.807) is 0 Å². The summed E-state index contributed by atoms with van der Waals surface area (Å²) >= 11 is 2.00. The molecule has 19 heavy (non-hydrogen) atoms. The molecule has 1 aliphatic carbocycles. The van der Waals surface area contributed by atoms with Gasteiger partial charge >= 0.3 is 5.97 Å². The van der Waals surface area contributed by atoms with Crippen LogP contribution in [0.1, 0.15) is 52.9 Å². The molecule has 0 aliphatic heterocycles. The zero-order chi connectivity index (χ0) is 14.3. The Morgan fingerprint density at radius 1 is 1.47 bits per heavy atom. The number of esters is 1. The van der Waals surface area contributed by atoms with E-state index in [0.717, 1.165) is 12.3 Å². The lowest BCUT2D eigenvalue weighted by atomic mass is 9.96. The lowest BCUT2D eigenvalue weighted by Crippen LogP contribution is -2.50. The van der Waals surface area contributed by atoms with Gasteiger partial charge in [-0.05, 0) is 51.8 Å². The zero-order valence-electron chi connectivity index (χ0n) is 12.8. The molecule has 0 spiro atoms. The smallest absolute Gasteiger partial charge is 0.326 e. The van der Waals surface area contributed by atoms with E-state index < -0.39 is 5.54 Å². The highest BCUT2D eigenvalue weighted by atomic mass is 32.2. The lowest BCUT2D eigenvalue weighted by Gasteiger charge is -2.29. The zero-order valence-corrected chi connectivity index (χ0v) is 13.6. The number of ether oxygens (including phenoxy) is 1. The molecular formula is C15H29NO2S. The van der Waals surface area contributed by atoms with E-state index >= 15 is 0 Å².